The maximum absolute atomic E-state index is 14.8. The predicted molar refractivity (Wildman–Crippen MR) is 154 cm³/mol. The first kappa shape index (κ1) is 31.2. The van der Waals surface area contributed by atoms with Crippen molar-refractivity contribution in [1.82, 2.24) is 10.2 Å². The molecular formula is C29H33FN4O6S. The van der Waals surface area contributed by atoms with Crippen LogP contribution in [0.4, 0.5) is 15.8 Å². The molecule has 3 rings (SSSR count). The highest BCUT2D eigenvalue weighted by Crippen LogP contribution is 2.24. The molecule has 41 heavy (non-hydrogen) atoms. The first-order valence-electron chi connectivity index (χ1n) is 13.1. The van der Waals surface area contributed by atoms with Crippen LogP contribution in [0.15, 0.2) is 78.9 Å². The molecule has 1 atom stereocenters. The van der Waals surface area contributed by atoms with E-state index in [1.807, 2.05) is 13.0 Å². The van der Waals surface area contributed by atoms with Crippen LogP contribution < -0.4 is 9.62 Å². The topological polar surface area (TPSA) is 130 Å². The third-order valence-electron chi connectivity index (χ3n) is 6.41. The SMILES string of the molecule is CCCCNC(=O)[C@H](Cc1ccccc1)N(Cc1ccccc1F)C(=O)CN(c1cccc([N+](=O)[O-])c1)S(C)(=O)=O. The second kappa shape index (κ2) is 14.4. The molecule has 0 saturated carbocycles. The standard InChI is InChI=1S/C29H33FN4O6S/c1-3-4-17-31-29(36)27(18-22-11-6-5-7-12-22)32(20-23-13-8-9-16-26(23)30)28(35)21-33(41(2,39)40)24-14-10-15-25(19-24)34(37)38/h5-16,19,27H,3-4,17-18,20-21H2,1-2H3,(H,31,36)/t27-/m0/s1. The summed E-state index contributed by atoms with van der Waals surface area (Å²) in [5, 5.41) is 14.2. The Balaban J connectivity index is 2.06. The van der Waals surface area contributed by atoms with Gasteiger partial charge in [0, 0.05) is 37.2 Å². The minimum atomic E-state index is -4.10. The van der Waals surface area contributed by atoms with Gasteiger partial charge in [-0.15, -0.1) is 0 Å². The molecule has 2 amide bonds. The average molecular weight is 585 g/mol. The van der Waals surface area contributed by atoms with Gasteiger partial charge in [-0.3, -0.25) is 24.0 Å². The van der Waals surface area contributed by atoms with Gasteiger partial charge in [-0.1, -0.05) is 67.9 Å². The van der Waals surface area contributed by atoms with E-state index in [1.54, 1.807) is 30.3 Å². The molecule has 12 heteroatoms. The number of nitrogens with one attached hydrogen (secondary N) is 1. The van der Waals surface area contributed by atoms with Crippen LogP contribution in [0.2, 0.25) is 0 Å². The van der Waals surface area contributed by atoms with Gasteiger partial charge in [0.2, 0.25) is 21.8 Å². The van der Waals surface area contributed by atoms with E-state index in [2.05, 4.69) is 5.32 Å². The summed E-state index contributed by atoms with van der Waals surface area (Å²) in [7, 11) is -4.10. The van der Waals surface area contributed by atoms with E-state index in [1.165, 1.54) is 41.3 Å². The fourth-order valence-corrected chi connectivity index (χ4v) is 5.09. The normalized spacial score (nSPS) is 11.9. The van der Waals surface area contributed by atoms with Gasteiger partial charge in [0.05, 0.1) is 16.9 Å². The van der Waals surface area contributed by atoms with Crippen LogP contribution >= 0.6 is 0 Å². The molecule has 1 N–H and O–H groups in total. The lowest BCUT2D eigenvalue weighted by Gasteiger charge is -2.33. The summed E-state index contributed by atoms with van der Waals surface area (Å²) in [4.78, 5) is 39.3. The maximum Gasteiger partial charge on any atom is 0.271 e. The lowest BCUT2D eigenvalue weighted by molar-refractivity contribution is -0.384. The van der Waals surface area contributed by atoms with Crippen LogP contribution in [-0.2, 0) is 32.6 Å². The highest BCUT2D eigenvalue weighted by atomic mass is 32.2. The summed E-state index contributed by atoms with van der Waals surface area (Å²) < 4.78 is 41.1. The van der Waals surface area contributed by atoms with Crippen LogP contribution in [0, 0.1) is 15.9 Å². The van der Waals surface area contributed by atoms with E-state index in [0.717, 1.165) is 28.6 Å². The van der Waals surface area contributed by atoms with E-state index in [-0.39, 0.29) is 29.9 Å². The lowest BCUT2D eigenvalue weighted by atomic mass is 10.0. The minimum Gasteiger partial charge on any atom is -0.354 e. The van der Waals surface area contributed by atoms with E-state index in [4.69, 9.17) is 0 Å². The predicted octanol–water partition coefficient (Wildman–Crippen LogP) is 4.06. The van der Waals surface area contributed by atoms with Gasteiger partial charge in [-0.05, 0) is 24.1 Å². The molecule has 3 aromatic rings. The molecule has 0 bridgehead atoms. The van der Waals surface area contributed by atoms with Crippen molar-refractivity contribution in [3.8, 4) is 0 Å². The number of sulfonamides is 1. The first-order valence-corrected chi connectivity index (χ1v) is 14.9. The number of hydrogen-bond donors (Lipinski definition) is 1. The Kier molecular flexibility index (Phi) is 10.9. The highest BCUT2D eigenvalue weighted by Gasteiger charge is 2.33. The Labute approximate surface area is 239 Å². The number of nitrogens with zero attached hydrogens (tertiary/aromatic N) is 3. The molecule has 10 nitrogen and oxygen atoms in total. The molecule has 0 saturated heterocycles. The number of non-ortho nitro benzene ring substituents is 1. The number of nitro groups is 1. The number of carbonyl (C=O) groups is 2. The van der Waals surface area contributed by atoms with Gasteiger partial charge >= 0.3 is 0 Å². The molecule has 0 aliphatic heterocycles. The Morgan fingerprint density at radius 3 is 2.34 bits per heavy atom. The quantitative estimate of drug-likeness (QED) is 0.173. The molecule has 0 aromatic heterocycles. The number of anilines is 1. The van der Waals surface area contributed by atoms with Gasteiger partial charge in [-0.25, -0.2) is 12.8 Å². The molecule has 0 fully saturated rings. The second-order valence-electron chi connectivity index (χ2n) is 9.51. The monoisotopic (exact) mass is 584 g/mol. The third kappa shape index (κ3) is 8.84. The van der Waals surface area contributed by atoms with Crippen molar-refractivity contribution in [2.24, 2.45) is 0 Å². The molecule has 0 aliphatic carbocycles. The van der Waals surface area contributed by atoms with Crippen LogP contribution in [0.25, 0.3) is 0 Å². The van der Waals surface area contributed by atoms with Crippen LogP contribution in [0.3, 0.4) is 0 Å². The molecule has 0 aliphatic rings. The van der Waals surface area contributed by atoms with Gasteiger partial charge in [-0.2, -0.15) is 0 Å². The van der Waals surface area contributed by atoms with Crippen molar-refractivity contribution in [1.29, 1.82) is 0 Å². The smallest absolute Gasteiger partial charge is 0.271 e. The lowest BCUT2D eigenvalue weighted by Crippen LogP contribution is -2.53. The summed E-state index contributed by atoms with van der Waals surface area (Å²) in [6, 6.07) is 18.6. The molecular weight excluding hydrogens is 551 g/mol. The van der Waals surface area contributed by atoms with E-state index < -0.39 is 45.2 Å². The molecule has 0 unspecified atom stereocenters. The fourth-order valence-electron chi connectivity index (χ4n) is 4.25. The molecule has 0 heterocycles. The molecule has 0 spiro atoms. The zero-order chi connectivity index (χ0) is 30.0. The number of halogens is 1. The summed E-state index contributed by atoms with van der Waals surface area (Å²) in [5.41, 5.74) is 0.437. The summed E-state index contributed by atoms with van der Waals surface area (Å²) in [6.07, 6.45) is 2.50. The van der Waals surface area contributed by atoms with Gasteiger partial charge in [0.1, 0.15) is 18.4 Å². The largest absolute Gasteiger partial charge is 0.354 e. The Hall–Kier alpha value is -4.32. The Morgan fingerprint density at radius 2 is 1.71 bits per heavy atom. The zero-order valence-electron chi connectivity index (χ0n) is 22.9. The number of benzene rings is 3. The average Bonchev–Trinajstić information content (AvgIpc) is 2.94. The third-order valence-corrected chi connectivity index (χ3v) is 7.55. The maximum atomic E-state index is 14.8. The van der Waals surface area contributed by atoms with E-state index in [0.29, 0.717) is 13.0 Å². The Morgan fingerprint density at radius 1 is 1.02 bits per heavy atom. The summed E-state index contributed by atoms with van der Waals surface area (Å²) in [5.74, 6) is -1.83. The van der Waals surface area contributed by atoms with Gasteiger partial charge < -0.3 is 10.2 Å². The summed E-state index contributed by atoms with van der Waals surface area (Å²) in [6.45, 7) is 1.26. The molecule has 3 aromatic carbocycles. The minimum absolute atomic E-state index is 0.0899. The number of hydrogen-bond acceptors (Lipinski definition) is 6. The fraction of sp³-hybridized carbons (Fsp3) is 0.310. The number of rotatable bonds is 14. The van der Waals surface area contributed by atoms with Crippen molar-refractivity contribution >= 4 is 33.2 Å². The number of nitro benzene ring substituents is 1. The number of carbonyl (C=O) groups excluding carboxylic acids is 2. The van der Waals surface area contributed by atoms with Crippen molar-refractivity contribution in [2.75, 3.05) is 23.7 Å². The Bertz CT molecular complexity index is 1470. The van der Waals surface area contributed by atoms with Crippen molar-refractivity contribution in [3.63, 3.8) is 0 Å². The zero-order valence-corrected chi connectivity index (χ0v) is 23.7. The van der Waals surface area contributed by atoms with Crippen molar-refractivity contribution < 1.29 is 27.3 Å². The van der Waals surface area contributed by atoms with Crippen LogP contribution in [-0.4, -0.2) is 55.4 Å². The van der Waals surface area contributed by atoms with Crippen LogP contribution in [0.1, 0.15) is 30.9 Å². The number of unbranched alkanes of at least 4 members (excludes halogenated alkanes) is 1. The van der Waals surface area contributed by atoms with Gasteiger partial charge in [0.15, 0.2) is 0 Å². The number of amides is 2. The van der Waals surface area contributed by atoms with E-state index >= 15 is 0 Å². The van der Waals surface area contributed by atoms with Crippen molar-refractivity contribution in [2.45, 2.75) is 38.8 Å². The van der Waals surface area contributed by atoms with Crippen molar-refractivity contribution in [3.05, 3.63) is 106 Å². The molecule has 0 radical (unpaired) electrons. The second-order valence-corrected chi connectivity index (χ2v) is 11.4. The van der Waals surface area contributed by atoms with Gasteiger partial charge in [0.25, 0.3) is 5.69 Å². The summed E-state index contributed by atoms with van der Waals surface area (Å²) >= 11 is 0. The van der Waals surface area contributed by atoms with E-state index in [9.17, 15) is 32.5 Å². The highest BCUT2D eigenvalue weighted by molar-refractivity contribution is 7.92. The first-order chi connectivity index (χ1) is 19.5. The molecule has 218 valence electrons. The van der Waals surface area contributed by atoms with Crippen LogP contribution in [0.5, 0.6) is 0 Å².